The minimum absolute atomic E-state index is 0.0335. The summed E-state index contributed by atoms with van der Waals surface area (Å²) in [5.74, 6) is -0.669. The van der Waals surface area contributed by atoms with E-state index in [0.29, 0.717) is 29.0 Å². The maximum absolute atomic E-state index is 12.7. The minimum Gasteiger partial charge on any atom is -0.465 e. The van der Waals surface area contributed by atoms with Crippen LogP contribution < -0.4 is 4.72 Å². The number of carbonyl (C=O) groups is 2. The Morgan fingerprint density at radius 1 is 1.09 bits per heavy atom. The van der Waals surface area contributed by atoms with Gasteiger partial charge in [-0.2, -0.15) is 0 Å². The molecular formula is C35H40ClN3O7S. The van der Waals surface area contributed by atoms with Gasteiger partial charge in [-0.25, -0.2) is 17.9 Å². The summed E-state index contributed by atoms with van der Waals surface area (Å²) in [6, 6.07) is 21.0. The van der Waals surface area contributed by atoms with Gasteiger partial charge in [-0.05, 0) is 80.0 Å². The lowest BCUT2D eigenvalue weighted by atomic mass is 10.0. The predicted octanol–water partition coefficient (Wildman–Crippen LogP) is 7.04. The molecular weight excluding hydrogens is 642 g/mol. The van der Waals surface area contributed by atoms with Crippen LogP contribution in [0, 0.1) is 0 Å². The third kappa shape index (κ3) is 8.92. The highest BCUT2D eigenvalue weighted by Crippen LogP contribution is 2.31. The van der Waals surface area contributed by atoms with E-state index < -0.39 is 34.4 Å². The zero-order valence-electron chi connectivity index (χ0n) is 26.7. The summed E-state index contributed by atoms with van der Waals surface area (Å²) in [6.45, 7) is 5.01. The molecule has 4 aromatic rings. The van der Waals surface area contributed by atoms with Crippen LogP contribution in [0.25, 0.3) is 22.0 Å². The fourth-order valence-electron chi connectivity index (χ4n) is 5.79. The summed E-state index contributed by atoms with van der Waals surface area (Å²) in [5.41, 5.74) is 4.75. The molecule has 2 N–H and O–H groups in total. The van der Waals surface area contributed by atoms with Crippen LogP contribution in [0.2, 0.25) is 5.02 Å². The van der Waals surface area contributed by atoms with Gasteiger partial charge in [0.05, 0.1) is 18.4 Å². The summed E-state index contributed by atoms with van der Waals surface area (Å²) in [6.07, 6.45) is 3.90. The molecule has 3 aromatic carbocycles. The van der Waals surface area contributed by atoms with E-state index in [4.69, 9.17) is 21.1 Å². The van der Waals surface area contributed by atoms with E-state index in [1.54, 1.807) is 18.3 Å². The van der Waals surface area contributed by atoms with Crippen molar-refractivity contribution >= 4 is 44.5 Å². The number of nitrogens with zero attached hydrogens (tertiary/aromatic N) is 2. The zero-order valence-corrected chi connectivity index (χ0v) is 28.3. The highest BCUT2D eigenvalue weighted by atomic mass is 35.5. The normalized spacial score (nSPS) is 15.9. The zero-order chi connectivity index (χ0) is 33.7. The second kappa shape index (κ2) is 14.9. The number of hydrogen-bond acceptors (Lipinski definition) is 6. The number of hydrogen-bond donors (Lipinski definition) is 2. The van der Waals surface area contributed by atoms with Gasteiger partial charge in [-0.15, -0.1) is 0 Å². The average Bonchev–Trinajstić information content (AvgIpc) is 3.42. The second-order valence-electron chi connectivity index (χ2n) is 12.1. The number of amides is 2. The molecule has 0 aliphatic carbocycles. The number of sulfonamides is 1. The molecule has 2 atom stereocenters. The Morgan fingerprint density at radius 2 is 1.83 bits per heavy atom. The molecule has 1 aromatic heterocycles. The standard InChI is InChI=1S/C35H40ClN3O7S/c1-23(2)39-21-30(34(40)37-47(3,43)44)29-15-14-26(20-31(29)39)25-12-10-24(11-13-25)16-17-38(35(41)42)22-32(27-7-6-8-28(36)19-27)46-33-9-4-5-18-45-33/h6-8,10-15,19-21,23,32-33H,4-5,9,16-18,22H2,1-3H3,(H,37,40)(H,41,42)/t32-,33?/m0/s1. The predicted molar refractivity (Wildman–Crippen MR) is 182 cm³/mol. The SMILES string of the molecule is CC(C)n1cc(C(=O)NS(C)(=O)=O)c2ccc(-c3ccc(CCN(C[C@H](OC4CCCCO4)c4cccc(Cl)c4)C(=O)O)cc3)cc21. The van der Waals surface area contributed by atoms with Gasteiger partial charge < -0.3 is 24.0 Å². The van der Waals surface area contributed by atoms with Gasteiger partial charge in [0.25, 0.3) is 5.91 Å². The molecule has 2 amide bonds. The third-order valence-electron chi connectivity index (χ3n) is 8.20. The number of fused-ring (bicyclic) bond motifs is 1. The van der Waals surface area contributed by atoms with Gasteiger partial charge >= 0.3 is 6.09 Å². The fraction of sp³-hybridized carbons (Fsp3) is 0.371. The number of rotatable bonds is 12. The van der Waals surface area contributed by atoms with Crippen molar-refractivity contribution in [2.45, 2.75) is 58.0 Å². The molecule has 47 heavy (non-hydrogen) atoms. The van der Waals surface area contributed by atoms with E-state index in [0.717, 1.165) is 53.3 Å². The third-order valence-corrected chi connectivity index (χ3v) is 8.99. The highest BCUT2D eigenvalue weighted by molar-refractivity contribution is 7.89. The van der Waals surface area contributed by atoms with Gasteiger partial charge in [-0.3, -0.25) is 4.79 Å². The summed E-state index contributed by atoms with van der Waals surface area (Å²) < 4.78 is 39.4. The Morgan fingerprint density at radius 3 is 2.47 bits per heavy atom. The first-order chi connectivity index (χ1) is 22.4. The summed E-state index contributed by atoms with van der Waals surface area (Å²) in [5, 5.41) is 11.3. The van der Waals surface area contributed by atoms with Crippen LogP contribution in [-0.4, -0.2) is 67.2 Å². The average molecular weight is 682 g/mol. The summed E-state index contributed by atoms with van der Waals surface area (Å²) in [4.78, 5) is 26.4. The Bertz CT molecular complexity index is 1830. The van der Waals surface area contributed by atoms with Gasteiger partial charge in [0.15, 0.2) is 6.29 Å². The molecule has 0 saturated carbocycles. The molecule has 10 nitrogen and oxygen atoms in total. The summed E-state index contributed by atoms with van der Waals surface area (Å²) in [7, 11) is -3.71. The highest BCUT2D eigenvalue weighted by Gasteiger charge is 2.26. The van der Waals surface area contributed by atoms with Crippen LogP contribution in [0.5, 0.6) is 0 Å². The van der Waals surface area contributed by atoms with Crippen LogP contribution in [0.4, 0.5) is 4.79 Å². The lowest BCUT2D eigenvalue weighted by Crippen LogP contribution is -2.37. The Hall–Kier alpha value is -3.90. The lowest BCUT2D eigenvalue weighted by Gasteiger charge is -2.31. The molecule has 1 fully saturated rings. The van der Waals surface area contributed by atoms with Crippen molar-refractivity contribution in [2.75, 3.05) is 26.0 Å². The quantitative estimate of drug-likeness (QED) is 0.164. The van der Waals surface area contributed by atoms with E-state index in [9.17, 15) is 23.1 Å². The molecule has 0 bridgehead atoms. The lowest BCUT2D eigenvalue weighted by molar-refractivity contribution is -0.192. The molecule has 250 valence electrons. The van der Waals surface area contributed by atoms with Crippen molar-refractivity contribution in [3.8, 4) is 11.1 Å². The molecule has 12 heteroatoms. The van der Waals surface area contributed by atoms with Crippen molar-refractivity contribution < 1.29 is 32.6 Å². The van der Waals surface area contributed by atoms with Crippen molar-refractivity contribution in [3.63, 3.8) is 0 Å². The maximum Gasteiger partial charge on any atom is 0.407 e. The van der Waals surface area contributed by atoms with E-state index >= 15 is 0 Å². The Labute approximate surface area is 280 Å². The van der Waals surface area contributed by atoms with Crippen molar-refractivity contribution in [1.29, 1.82) is 0 Å². The maximum atomic E-state index is 12.7. The van der Waals surface area contributed by atoms with E-state index in [-0.39, 0.29) is 19.1 Å². The van der Waals surface area contributed by atoms with E-state index in [2.05, 4.69) is 4.72 Å². The number of ether oxygens (including phenoxy) is 2. The van der Waals surface area contributed by atoms with Gasteiger partial charge in [0, 0.05) is 41.3 Å². The second-order valence-corrected chi connectivity index (χ2v) is 14.3. The van der Waals surface area contributed by atoms with E-state index in [1.165, 1.54) is 4.90 Å². The minimum atomic E-state index is -3.71. The smallest absolute Gasteiger partial charge is 0.407 e. The Balaban J connectivity index is 1.31. The molecule has 5 rings (SSSR count). The number of halogens is 1. The number of aromatic nitrogens is 1. The molecule has 1 saturated heterocycles. The molecule has 0 spiro atoms. The largest absolute Gasteiger partial charge is 0.465 e. The first kappa shape index (κ1) is 34.4. The molecule has 1 aliphatic heterocycles. The molecule has 0 radical (unpaired) electrons. The van der Waals surface area contributed by atoms with Gasteiger partial charge in [0.2, 0.25) is 10.0 Å². The first-order valence-corrected chi connectivity index (χ1v) is 17.9. The molecule has 1 unspecified atom stereocenters. The van der Waals surface area contributed by atoms with Gasteiger partial charge in [-0.1, -0.05) is 60.1 Å². The van der Waals surface area contributed by atoms with Crippen LogP contribution in [0.15, 0.2) is 72.9 Å². The van der Waals surface area contributed by atoms with E-state index in [1.807, 2.05) is 73.0 Å². The number of carbonyl (C=O) groups excluding carboxylic acids is 1. The first-order valence-electron chi connectivity index (χ1n) is 15.6. The van der Waals surface area contributed by atoms with Crippen molar-refractivity contribution in [3.05, 3.63) is 94.6 Å². The number of benzene rings is 3. The molecule has 1 aliphatic rings. The van der Waals surface area contributed by atoms with Crippen LogP contribution in [0.1, 0.15) is 66.7 Å². The summed E-state index contributed by atoms with van der Waals surface area (Å²) >= 11 is 6.26. The monoisotopic (exact) mass is 681 g/mol. The van der Waals surface area contributed by atoms with Crippen molar-refractivity contribution in [1.82, 2.24) is 14.2 Å². The van der Waals surface area contributed by atoms with Crippen LogP contribution >= 0.6 is 11.6 Å². The van der Waals surface area contributed by atoms with Crippen LogP contribution in [0.3, 0.4) is 0 Å². The van der Waals surface area contributed by atoms with Gasteiger partial charge in [0.1, 0.15) is 6.10 Å². The Kier molecular flexibility index (Phi) is 10.9. The number of carboxylic acid groups (broad SMARTS) is 1. The van der Waals surface area contributed by atoms with Crippen molar-refractivity contribution in [2.24, 2.45) is 0 Å². The van der Waals surface area contributed by atoms with Crippen LogP contribution in [-0.2, 0) is 25.9 Å². The molecule has 2 heterocycles. The topological polar surface area (TPSA) is 127 Å². The number of nitrogens with one attached hydrogen (secondary N) is 1. The fourth-order valence-corrected chi connectivity index (χ4v) is 6.44.